The highest BCUT2D eigenvalue weighted by Crippen LogP contribution is 2.30. The van der Waals surface area contributed by atoms with Crippen molar-refractivity contribution in [2.75, 3.05) is 30.3 Å². The summed E-state index contributed by atoms with van der Waals surface area (Å²) in [5.74, 6) is 0.534. The highest BCUT2D eigenvalue weighted by molar-refractivity contribution is 5.70. The van der Waals surface area contributed by atoms with Crippen molar-refractivity contribution in [3.63, 3.8) is 0 Å². The van der Waals surface area contributed by atoms with Gasteiger partial charge in [0.25, 0.3) is 0 Å². The number of rotatable bonds is 13. The first-order valence-electron chi connectivity index (χ1n) is 10.5. The van der Waals surface area contributed by atoms with E-state index in [-0.39, 0.29) is 6.61 Å². The van der Waals surface area contributed by atoms with Crippen LogP contribution in [0.3, 0.4) is 0 Å². The molecule has 1 fully saturated rings. The summed E-state index contributed by atoms with van der Waals surface area (Å²) in [6, 6.07) is 5.64. The van der Waals surface area contributed by atoms with Crippen LogP contribution in [0, 0.1) is 0 Å². The first-order chi connectivity index (χ1) is 13.6. The van der Waals surface area contributed by atoms with Gasteiger partial charge >= 0.3 is 0 Å². The molecule has 1 aliphatic rings. The lowest BCUT2D eigenvalue weighted by Crippen LogP contribution is -2.35. The molecule has 0 radical (unpaired) electrons. The minimum absolute atomic E-state index is 0.372. The molecule has 0 aliphatic carbocycles. The molecule has 4 atom stereocenters. The fourth-order valence-electron chi connectivity index (χ4n) is 3.19. The van der Waals surface area contributed by atoms with E-state index in [1.165, 1.54) is 19.3 Å². The highest BCUT2D eigenvalue weighted by atomic mass is 16.7. The normalized spacial score (nSPS) is 24.3. The van der Waals surface area contributed by atoms with Gasteiger partial charge in [0.05, 0.1) is 18.0 Å². The summed E-state index contributed by atoms with van der Waals surface area (Å²) >= 11 is 0. The third-order valence-electron chi connectivity index (χ3n) is 4.93. The van der Waals surface area contributed by atoms with Crippen molar-refractivity contribution >= 4 is 11.4 Å². The molecular weight excluding hydrogens is 360 g/mol. The van der Waals surface area contributed by atoms with Crippen LogP contribution < -0.4 is 15.4 Å². The Morgan fingerprint density at radius 2 is 1.57 bits per heavy atom. The third kappa shape index (κ3) is 6.51. The van der Waals surface area contributed by atoms with Crippen molar-refractivity contribution in [1.82, 2.24) is 0 Å². The van der Waals surface area contributed by atoms with E-state index in [9.17, 15) is 15.3 Å². The molecule has 0 spiro atoms. The molecule has 7 nitrogen and oxygen atoms in total. The molecule has 5 N–H and O–H groups in total. The Bertz CT molecular complexity index is 572. The molecule has 28 heavy (non-hydrogen) atoms. The Kier molecular flexibility index (Phi) is 9.84. The number of anilines is 2. The van der Waals surface area contributed by atoms with Crippen LogP contribution in [0.4, 0.5) is 11.4 Å². The number of nitrogens with one attached hydrogen (secondary N) is 2. The zero-order valence-corrected chi connectivity index (χ0v) is 17.1. The summed E-state index contributed by atoms with van der Waals surface area (Å²) in [5.41, 5.74) is 1.96. The quantitative estimate of drug-likeness (QED) is 0.327. The van der Waals surface area contributed by atoms with Crippen molar-refractivity contribution in [2.45, 2.75) is 77.0 Å². The average Bonchev–Trinajstić information content (AvgIpc) is 2.97. The predicted molar refractivity (Wildman–Crippen MR) is 111 cm³/mol. The maximum Gasteiger partial charge on any atom is 0.229 e. The summed E-state index contributed by atoms with van der Waals surface area (Å²) in [6.45, 7) is 5.77. The zero-order chi connectivity index (χ0) is 20.4. The fraction of sp³-hybridized carbons (Fsp3) is 0.714. The lowest BCUT2D eigenvalue weighted by molar-refractivity contribution is -0.116. The van der Waals surface area contributed by atoms with E-state index in [1.807, 2.05) is 18.2 Å². The molecule has 1 heterocycles. The van der Waals surface area contributed by atoms with Gasteiger partial charge in [0.15, 0.2) is 0 Å². The molecule has 7 heteroatoms. The van der Waals surface area contributed by atoms with Crippen LogP contribution in [0.15, 0.2) is 18.2 Å². The summed E-state index contributed by atoms with van der Waals surface area (Å²) in [5, 5.41) is 36.1. The Balaban J connectivity index is 2.03. The Morgan fingerprint density at radius 3 is 2.14 bits per heavy atom. The smallest absolute Gasteiger partial charge is 0.229 e. The first kappa shape index (κ1) is 22.7. The standard InChI is InChI=1S/C21H36N2O5/c1-3-5-7-11-22-16-10-9-15(13-17(16)23-12-8-6-4-2)27-21-20(26)19(25)18(14-24)28-21/h9-10,13,18-26H,3-8,11-12,14H2,1-2H3/t18-,19-,20-,21+/m1/s1. The molecule has 0 aromatic heterocycles. The largest absolute Gasteiger partial charge is 0.462 e. The number of hydrogen-bond donors (Lipinski definition) is 5. The molecule has 160 valence electrons. The van der Waals surface area contributed by atoms with Gasteiger partial charge in [0, 0.05) is 19.2 Å². The molecule has 0 unspecified atom stereocenters. The van der Waals surface area contributed by atoms with Crippen molar-refractivity contribution in [2.24, 2.45) is 0 Å². The van der Waals surface area contributed by atoms with Gasteiger partial charge in [-0.3, -0.25) is 0 Å². The fourth-order valence-corrected chi connectivity index (χ4v) is 3.19. The van der Waals surface area contributed by atoms with Gasteiger partial charge in [0.1, 0.15) is 24.1 Å². The molecule has 0 saturated carbocycles. The second kappa shape index (κ2) is 12.1. The Morgan fingerprint density at radius 1 is 0.929 bits per heavy atom. The van der Waals surface area contributed by atoms with Gasteiger partial charge < -0.3 is 35.4 Å². The van der Waals surface area contributed by atoms with E-state index in [0.29, 0.717) is 5.75 Å². The second-order valence-electron chi connectivity index (χ2n) is 7.30. The van der Waals surface area contributed by atoms with Gasteiger partial charge in [0.2, 0.25) is 6.29 Å². The summed E-state index contributed by atoms with van der Waals surface area (Å²) < 4.78 is 11.2. The van der Waals surface area contributed by atoms with E-state index >= 15 is 0 Å². The maximum atomic E-state index is 10.1. The number of aliphatic hydroxyl groups is 3. The van der Waals surface area contributed by atoms with Gasteiger partial charge in [-0.05, 0) is 25.0 Å². The average molecular weight is 397 g/mol. The molecular formula is C21H36N2O5. The second-order valence-corrected chi connectivity index (χ2v) is 7.30. The van der Waals surface area contributed by atoms with Crippen LogP contribution in [0.1, 0.15) is 52.4 Å². The summed E-state index contributed by atoms with van der Waals surface area (Å²) in [7, 11) is 0. The molecule has 2 rings (SSSR count). The van der Waals surface area contributed by atoms with Gasteiger partial charge in [-0.15, -0.1) is 0 Å². The van der Waals surface area contributed by atoms with Crippen molar-refractivity contribution < 1.29 is 24.8 Å². The zero-order valence-electron chi connectivity index (χ0n) is 17.1. The van der Waals surface area contributed by atoms with Gasteiger partial charge in [-0.1, -0.05) is 39.5 Å². The van der Waals surface area contributed by atoms with Crippen molar-refractivity contribution in [3.8, 4) is 5.75 Å². The molecule has 1 aromatic carbocycles. The number of ether oxygens (including phenoxy) is 2. The Hall–Kier alpha value is -1.54. The number of hydrogen-bond acceptors (Lipinski definition) is 7. The topological polar surface area (TPSA) is 103 Å². The minimum Gasteiger partial charge on any atom is -0.462 e. The van der Waals surface area contributed by atoms with Gasteiger partial charge in [-0.25, -0.2) is 0 Å². The predicted octanol–water partition coefficient (Wildman–Crippen LogP) is 2.71. The van der Waals surface area contributed by atoms with Crippen LogP contribution in [0.5, 0.6) is 5.75 Å². The third-order valence-corrected chi connectivity index (χ3v) is 4.93. The van der Waals surface area contributed by atoms with E-state index < -0.39 is 24.6 Å². The van der Waals surface area contributed by atoms with Crippen LogP contribution in [0.25, 0.3) is 0 Å². The number of benzene rings is 1. The number of aliphatic hydroxyl groups excluding tert-OH is 3. The summed E-state index contributed by atoms with van der Waals surface area (Å²) in [6.07, 6.45) is 2.70. The molecule has 0 amide bonds. The maximum absolute atomic E-state index is 10.1. The van der Waals surface area contributed by atoms with Crippen molar-refractivity contribution in [3.05, 3.63) is 18.2 Å². The van der Waals surface area contributed by atoms with E-state index in [0.717, 1.165) is 43.7 Å². The van der Waals surface area contributed by atoms with Crippen molar-refractivity contribution in [1.29, 1.82) is 0 Å². The number of unbranched alkanes of at least 4 members (excludes halogenated alkanes) is 4. The van der Waals surface area contributed by atoms with Crippen LogP contribution in [-0.2, 0) is 4.74 Å². The highest BCUT2D eigenvalue weighted by Gasteiger charge is 2.43. The van der Waals surface area contributed by atoms with E-state index in [1.54, 1.807) is 0 Å². The molecule has 0 bridgehead atoms. The van der Waals surface area contributed by atoms with E-state index in [4.69, 9.17) is 9.47 Å². The van der Waals surface area contributed by atoms with Gasteiger partial charge in [-0.2, -0.15) is 0 Å². The SMILES string of the molecule is CCCCCNc1ccc(O[C@H]2O[C@H](CO)[C@@H](O)[C@H]2O)cc1NCCCCC. The molecule has 1 saturated heterocycles. The summed E-state index contributed by atoms with van der Waals surface area (Å²) in [4.78, 5) is 0. The minimum atomic E-state index is -1.20. The molecule has 1 aliphatic heterocycles. The Labute approximate surface area is 168 Å². The molecule has 1 aromatic rings. The van der Waals surface area contributed by atoms with Crippen LogP contribution in [-0.4, -0.2) is 59.6 Å². The van der Waals surface area contributed by atoms with Crippen LogP contribution >= 0.6 is 0 Å². The van der Waals surface area contributed by atoms with Crippen LogP contribution in [0.2, 0.25) is 0 Å². The lowest BCUT2D eigenvalue weighted by Gasteiger charge is -2.19. The lowest BCUT2D eigenvalue weighted by atomic mass is 10.1. The van der Waals surface area contributed by atoms with E-state index in [2.05, 4.69) is 24.5 Å². The monoisotopic (exact) mass is 396 g/mol. The first-order valence-corrected chi connectivity index (χ1v) is 10.5.